The molecule has 0 atom stereocenters. The van der Waals surface area contributed by atoms with Gasteiger partial charge in [-0.2, -0.15) is 0 Å². The molecule has 1 aliphatic carbocycles. The molecule has 0 saturated carbocycles. The number of aryl methyl sites for hydroxylation is 2. The first-order valence-electron chi connectivity index (χ1n) is 6.09. The Morgan fingerprint density at radius 3 is 2.94 bits per heavy atom. The fraction of sp³-hybridized carbons (Fsp3) is 0.286. The second-order valence-corrected chi connectivity index (χ2v) is 5.23. The molecule has 92 valence electrons. The van der Waals surface area contributed by atoms with Gasteiger partial charge in [-0.05, 0) is 65.4 Å². The highest BCUT2D eigenvalue weighted by atomic mass is 79.9. The molecule has 2 aromatic heterocycles. The van der Waals surface area contributed by atoms with Gasteiger partial charge < -0.3 is 4.74 Å². The lowest BCUT2D eigenvalue weighted by Crippen LogP contribution is -2.05. The predicted octanol–water partition coefficient (Wildman–Crippen LogP) is 3.91. The van der Waals surface area contributed by atoms with Gasteiger partial charge in [0.15, 0.2) is 0 Å². The lowest BCUT2D eigenvalue weighted by atomic mass is 9.96. The maximum absolute atomic E-state index is 5.75. The van der Waals surface area contributed by atoms with Crippen molar-refractivity contribution in [2.45, 2.75) is 25.7 Å². The molecule has 0 spiro atoms. The number of halogens is 1. The molecule has 0 radical (unpaired) electrons. The lowest BCUT2D eigenvalue weighted by molar-refractivity contribution is 0.455. The third-order valence-corrected chi connectivity index (χ3v) is 3.69. The van der Waals surface area contributed by atoms with Gasteiger partial charge >= 0.3 is 0 Å². The predicted molar refractivity (Wildman–Crippen MR) is 72.9 cm³/mol. The van der Waals surface area contributed by atoms with E-state index in [1.807, 2.05) is 12.1 Å². The van der Waals surface area contributed by atoms with Gasteiger partial charge in [0.05, 0.1) is 10.7 Å². The molecule has 3 rings (SSSR count). The molecular formula is C14H13BrN2O. The number of hydrogen-bond acceptors (Lipinski definition) is 3. The van der Waals surface area contributed by atoms with Crippen molar-refractivity contribution in [2.75, 3.05) is 0 Å². The highest BCUT2D eigenvalue weighted by molar-refractivity contribution is 9.10. The molecule has 0 amide bonds. The minimum absolute atomic E-state index is 0.579. The molecule has 2 heterocycles. The van der Waals surface area contributed by atoms with E-state index < -0.39 is 0 Å². The van der Waals surface area contributed by atoms with Crippen LogP contribution in [0.1, 0.15) is 24.1 Å². The van der Waals surface area contributed by atoms with Crippen molar-refractivity contribution in [1.82, 2.24) is 9.97 Å². The van der Waals surface area contributed by atoms with Gasteiger partial charge in [0.2, 0.25) is 5.88 Å². The van der Waals surface area contributed by atoms with Crippen molar-refractivity contribution >= 4 is 15.9 Å². The number of rotatable bonds is 2. The Balaban J connectivity index is 1.87. The summed E-state index contributed by atoms with van der Waals surface area (Å²) in [6.07, 6.45) is 8.17. The van der Waals surface area contributed by atoms with Crippen LogP contribution in [0, 0.1) is 0 Å². The zero-order valence-corrected chi connectivity index (χ0v) is 11.5. The highest BCUT2D eigenvalue weighted by Gasteiger charge is 2.12. The lowest BCUT2D eigenvalue weighted by Gasteiger charge is -2.15. The van der Waals surface area contributed by atoms with Crippen LogP contribution in [-0.2, 0) is 12.8 Å². The largest absolute Gasteiger partial charge is 0.436 e. The van der Waals surface area contributed by atoms with Crippen LogP contribution in [0.4, 0.5) is 0 Å². The summed E-state index contributed by atoms with van der Waals surface area (Å²) in [7, 11) is 0. The third-order valence-electron chi connectivity index (χ3n) is 3.08. The summed E-state index contributed by atoms with van der Waals surface area (Å²) in [5.41, 5.74) is 2.53. The van der Waals surface area contributed by atoms with E-state index in [0.717, 1.165) is 23.1 Å². The SMILES string of the molecule is Brc1cccnc1Oc1cnc2c(c1)CCCC2. The number of pyridine rings is 2. The van der Waals surface area contributed by atoms with E-state index in [4.69, 9.17) is 4.74 Å². The Bertz CT molecular complexity index is 571. The Labute approximate surface area is 114 Å². The standard InChI is InChI=1S/C14H13BrN2O/c15-12-5-3-7-16-14(12)18-11-8-10-4-1-2-6-13(10)17-9-11/h3,5,7-9H,1-2,4,6H2. The van der Waals surface area contributed by atoms with Crippen molar-refractivity contribution < 1.29 is 4.74 Å². The Morgan fingerprint density at radius 2 is 2.06 bits per heavy atom. The first-order valence-corrected chi connectivity index (χ1v) is 6.88. The molecule has 0 aromatic carbocycles. The molecule has 0 saturated heterocycles. The average molecular weight is 305 g/mol. The molecule has 18 heavy (non-hydrogen) atoms. The van der Waals surface area contributed by atoms with Crippen molar-refractivity contribution in [3.8, 4) is 11.6 Å². The van der Waals surface area contributed by atoms with Crippen molar-refractivity contribution in [2.24, 2.45) is 0 Å². The molecule has 0 bridgehead atoms. The molecule has 0 fully saturated rings. The van der Waals surface area contributed by atoms with Crippen LogP contribution >= 0.6 is 15.9 Å². The molecule has 4 heteroatoms. The van der Waals surface area contributed by atoms with E-state index in [0.29, 0.717) is 5.88 Å². The molecule has 1 aliphatic rings. The Hall–Kier alpha value is -1.42. The zero-order chi connectivity index (χ0) is 12.4. The minimum atomic E-state index is 0.579. The van der Waals surface area contributed by atoms with E-state index in [1.54, 1.807) is 12.4 Å². The van der Waals surface area contributed by atoms with Crippen LogP contribution in [0.3, 0.4) is 0 Å². The van der Waals surface area contributed by atoms with Crippen molar-refractivity contribution in [1.29, 1.82) is 0 Å². The number of hydrogen-bond donors (Lipinski definition) is 0. The van der Waals surface area contributed by atoms with Crippen LogP contribution in [0.15, 0.2) is 35.1 Å². The van der Waals surface area contributed by atoms with E-state index in [2.05, 4.69) is 32.0 Å². The molecule has 0 aliphatic heterocycles. The summed E-state index contributed by atoms with van der Waals surface area (Å²) < 4.78 is 6.60. The summed E-state index contributed by atoms with van der Waals surface area (Å²) >= 11 is 3.42. The maximum Gasteiger partial charge on any atom is 0.233 e. The molecular weight excluding hydrogens is 292 g/mol. The van der Waals surface area contributed by atoms with E-state index >= 15 is 0 Å². The normalized spacial score (nSPS) is 14.1. The van der Waals surface area contributed by atoms with Gasteiger partial charge in [-0.25, -0.2) is 4.98 Å². The van der Waals surface area contributed by atoms with Crippen LogP contribution in [0.2, 0.25) is 0 Å². The number of fused-ring (bicyclic) bond motifs is 1. The first-order chi connectivity index (χ1) is 8.83. The second-order valence-electron chi connectivity index (χ2n) is 4.38. The van der Waals surface area contributed by atoms with Crippen LogP contribution in [0.5, 0.6) is 11.6 Å². The summed E-state index contributed by atoms with van der Waals surface area (Å²) in [5, 5.41) is 0. The van der Waals surface area contributed by atoms with Crippen molar-refractivity contribution in [3.05, 3.63) is 46.3 Å². The van der Waals surface area contributed by atoms with Gasteiger partial charge in [-0.1, -0.05) is 0 Å². The molecule has 2 aromatic rings. The van der Waals surface area contributed by atoms with Gasteiger partial charge in [-0.3, -0.25) is 4.98 Å². The maximum atomic E-state index is 5.75. The summed E-state index contributed by atoms with van der Waals surface area (Å²) in [5.74, 6) is 1.34. The fourth-order valence-corrected chi connectivity index (χ4v) is 2.52. The average Bonchev–Trinajstić information content (AvgIpc) is 2.41. The van der Waals surface area contributed by atoms with Gasteiger partial charge in [-0.15, -0.1) is 0 Å². The number of nitrogens with zero attached hydrogens (tertiary/aromatic N) is 2. The summed E-state index contributed by atoms with van der Waals surface area (Å²) in [6.45, 7) is 0. The van der Waals surface area contributed by atoms with E-state index in [-0.39, 0.29) is 0 Å². The van der Waals surface area contributed by atoms with Gasteiger partial charge in [0, 0.05) is 11.9 Å². The van der Waals surface area contributed by atoms with E-state index in [9.17, 15) is 0 Å². The molecule has 0 N–H and O–H groups in total. The van der Waals surface area contributed by atoms with Crippen LogP contribution < -0.4 is 4.74 Å². The van der Waals surface area contributed by atoms with E-state index in [1.165, 1.54) is 24.1 Å². The van der Waals surface area contributed by atoms with Crippen molar-refractivity contribution in [3.63, 3.8) is 0 Å². The number of ether oxygens (including phenoxy) is 1. The molecule has 3 nitrogen and oxygen atoms in total. The topological polar surface area (TPSA) is 35.0 Å². The quantitative estimate of drug-likeness (QED) is 0.844. The highest BCUT2D eigenvalue weighted by Crippen LogP contribution is 2.29. The third kappa shape index (κ3) is 2.38. The summed E-state index contributed by atoms with van der Waals surface area (Å²) in [4.78, 5) is 8.67. The molecule has 0 unspecified atom stereocenters. The second kappa shape index (κ2) is 5.06. The zero-order valence-electron chi connectivity index (χ0n) is 9.90. The summed E-state index contributed by atoms with van der Waals surface area (Å²) in [6, 6.07) is 5.86. The smallest absolute Gasteiger partial charge is 0.233 e. The fourth-order valence-electron chi connectivity index (χ4n) is 2.18. The van der Waals surface area contributed by atoms with Crippen LogP contribution in [0.25, 0.3) is 0 Å². The Kier molecular flexibility index (Phi) is 3.28. The van der Waals surface area contributed by atoms with Gasteiger partial charge in [0.25, 0.3) is 0 Å². The first kappa shape index (κ1) is 11.7. The monoisotopic (exact) mass is 304 g/mol. The number of aromatic nitrogens is 2. The minimum Gasteiger partial charge on any atom is -0.436 e. The van der Waals surface area contributed by atoms with Crippen LogP contribution in [-0.4, -0.2) is 9.97 Å². The Morgan fingerprint density at radius 1 is 1.17 bits per heavy atom. The van der Waals surface area contributed by atoms with Gasteiger partial charge in [0.1, 0.15) is 5.75 Å².